The molecule has 2 rings (SSSR count). The van der Waals surface area contributed by atoms with Crippen molar-refractivity contribution in [2.45, 2.75) is 19.5 Å². The van der Waals surface area contributed by atoms with Gasteiger partial charge < -0.3 is 9.47 Å². The van der Waals surface area contributed by atoms with Crippen LogP contribution in [0.3, 0.4) is 0 Å². The first-order valence-corrected chi connectivity index (χ1v) is 6.30. The normalized spacial score (nSPS) is 19.1. The molecule has 0 spiro atoms. The van der Waals surface area contributed by atoms with E-state index in [4.69, 9.17) is 9.47 Å². The Bertz CT molecular complexity index is 491. The van der Waals surface area contributed by atoms with Crippen LogP contribution in [0.1, 0.15) is 29.3 Å². The first-order valence-electron chi connectivity index (χ1n) is 6.30. The van der Waals surface area contributed by atoms with Crippen molar-refractivity contribution in [1.29, 1.82) is 0 Å². The number of ketones is 1. The van der Waals surface area contributed by atoms with Crippen molar-refractivity contribution >= 4 is 5.78 Å². The SMILES string of the molecule is CC(=O)c1ccc(OCC2CCOC2)c(C(F)(F)F)c1. The minimum atomic E-state index is -4.55. The molecule has 1 unspecified atom stereocenters. The van der Waals surface area contributed by atoms with Gasteiger partial charge in [-0.05, 0) is 31.5 Å². The first-order chi connectivity index (χ1) is 9.38. The third-order valence-corrected chi connectivity index (χ3v) is 3.19. The number of rotatable bonds is 4. The predicted octanol–water partition coefficient (Wildman–Crippen LogP) is 3.32. The van der Waals surface area contributed by atoms with Crippen LogP contribution in [0.4, 0.5) is 13.2 Å². The smallest absolute Gasteiger partial charge is 0.419 e. The molecule has 0 bridgehead atoms. The zero-order chi connectivity index (χ0) is 14.8. The lowest BCUT2D eigenvalue weighted by atomic mass is 10.1. The van der Waals surface area contributed by atoms with Gasteiger partial charge in [0.2, 0.25) is 0 Å². The van der Waals surface area contributed by atoms with Gasteiger partial charge in [0.15, 0.2) is 5.78 Å². The van der Waals surface area contributed by atoms with Gasteiger partial charge in [-0.2, -0.15) is 13.2 Å². The number of ether oxygens (including phenoxy) is 2. The van der Waals surface area contributed by atoms with Crippen LogP contribution in [0.25, 0.3) is 0 Å². The Hall–Kier alpha value is -1.56. The third-order valence-electron chi connectivity index (χ3n) is 3.19. The standard InChI is InChI=1S/C14H15F3O3/c1-9(18)11-2-3-13(12(6-11)14(15,16)17)20-8-10-4-5-19-7-10/h2-3,6,10H,4-5,7-8H2,1H3. The number of carbonyl (C=O) groups is 1. The summed E-state index contributed by atoms with van der Waals surface area (Å²) in [5, 5.41) is 0. The molecule has 0 saturated carbocycles. The van der Waals surface area contributed by atoms with Gasteiger partial charge in [0.05, 0.1) is 18.8 Å². The fourth-order valence-corrected chi connectivity index (χ4v) is 2.02. The molecule has 0 aromatic heterocycles. The summed E-state index contributed by atoms with van der Waals surface area (Å²) in [7, 11) is 0. The molecular formula is C14H15F3O3. The second kappa shape index (κ2) is 5.83. The van der Waals surface area contributed by atoms with E-state index in [0.717, 1.165) is 12.5 Å². The lowest BCUT2D eigenvalue weighted by Gasteiger charge is -2.16. The molecule has 1 fully saturated rings. The summed E-state index contributed by atoms with van der Waals surface area (Å²) in [6.07, 6.45) is -3.76. The van der Waals surface area contributed by atoms with E-state index in [1.165, 1.54) is 19.1 Å². The molecule has 1 saturated heterocycles. The Morgan fingerprint density at radius 3 is 2.75 bits per heavy atom. The molecule has 0 amide bonds. The summed E-state index contributed by atoms with van der Waals surface area (Å²) in [5.41, 5.74) is -0.891. The minimum absolute atomic E-state index is 0.0221. The molecule has 1 heterocycles. The largest absolute Gasteiger partial charge is 0.493 e. The van der Waals surface area contributed by atoms with E-state index < -0.39 is 17.5 Å². The Morgan fingerprint density at radius 2 is 2.20 bits per heavy atom. The summed E-state index contributed by atoms with van der Waals surface area (Å²) in [6.45, 7) is 2.53. The van der Waals surface area contributed by atoms with Crippen LogP contribution in [0.15, 0.2) is 18.2 Å². The van der Waals surface area contributed by atoms with E-state index in [1.54, 1.807) is 0 Å². The highest BCUT2D eigenvalue weighted by Gasteiger charge is 2.35. The Kier molecular flexibility index (Phi) is 4.32. The average Bonchev–Trinajstić information content (AvgIpc) is 2.88. The van der Waals surface area contributed by atoms with Crippen LogP contribution < -0.4 is 4.74 Å². The van der Waals surface area contributed by atoms with Crippen LogP contribution in [0.2, 0.25) is 0 Å². The Morgan fingerprint density at radius 1 is 1.45 bits per heavy atom. The summed E-state index contributed by atoms with van der Waals surface area (Å²) in [5.74, 6) is -0.538. The molecular weight excluding hydrogens is 273 g/mol. The monoisotopic (exact) mass is 288 g/mol. The molecule has 6 heteroatoms. The van der Waals surface area contributed by atoms with Crippen LogP contribution in [0.5, 0.6) is 5.75 Å². The fourth-order valence-electron chi connectivity index (χ4n) is 2.02. The number of benzene rings is 1. The Labute approximate surface area is 114 Å². The number of carbonyl (C=O) groups excluding carboxylic acids is 1. The zero-order valence-corrected chi connectivity index (χ0v) is 11.0. The van der Waals surface area contributed by atoms with Crippen molar-refractivity contribution in [3.63, 3.8) is 0 Å². The van der Waals surface area contributed by atoms with Crippen molar-refractivity contribution in [2.75, 3.05) is 19.8 Å². The van der Waals surface area contributed by atoms with E-state index in [-0.39, 0.29) is 23.8 Å². The molecule has 20 heavy (non-hydrogen) atoms. The van der Waals surface area contributed by atoms with Crippen LogP contribution in [-0.4, -0.2) is 25.6 Å². The molecule has 3 nitrogen and oxygen atoms in total. The highest BCUT2D eigenvalue weighted by molar-refractivity contribution is 5.94. The van der Waals surface area contributed by atoms with Gasteiger partial charge in [0.25, 0.3) is 0 Å². The summed E-state index contributed by atoms with van der Waals surface area (Å²) >= 11 is 0. The van der Waals surface area contributed by atoms with Gasteiger partial charge in [-0.3, -0.25) is 4.79 Å². The van der Waals surface area contributed by atoms with Crippen LogP contribution >= 0.6 is 0 Å². The number of halogens is 3. The molecule has 1 aliphatic rings. The molecule has 1 aliphatic heterocycles. The van der Waals surface area contributed by atoms with Crippen LogP contribution in [0, 0.1) is 5.92 Å². The van der Waals surface area contributed by atoms with Gasteiger partial charge in [0.1, 0.15) is 5.75 Å². The lowest BCUT2D eigenvalue weighted by Crippen LogP contribution is -2.15. The van der Waals surface area contributed by atoms with Gasteiger partial charge >= 0.3 is 6.18 Å². The topological polar surface area (TPSA) is 35.5 Å². The predicted molar refractivity (Wildman–Crippen MR) is 65.9 cm³/mol. The third kappa shape index (κ3) is 3.50. The average molecular weight is 288 g/mol. The molecule has 1 aromatic carbocycles. The van der Waals surface area contributed by atoms with Crippen molar-refractivity contribution < 1.29 is 27.4 Å². The zero-order valence-electron chi connectivity index (χ0n) is 11.0. The van der Waals surface area contributed by atoms with E-state index in [2.05, 4.69) is 0 Å². The highest BCUT2D eigenvalue weighted by atomic mass is 19.4. The van der Waals surface area contributed by atoms with E-state index in [0.29, 0.717) is 13.2 Å². The lowest BCUT2D eigenvalue weighted by molar-refractivity contribution is -0.139. The van der Waals surface area contributed by atoms with E-state index in [1.807, 2.05) is 0 Å². The van der Waals surface area contributed by atoms with Gasteiger partial charge in [-0.15, -0.1) is 0 Å². The Balaban J connectivity index is 2.19. The second-order valence-electron chi connectivity index (χ2n) is 4.81. The molecule has 1 aromatic rings. The second-order valence-corrected chi connectivity index (χ2v) is 4.81. The van der Waals surface area contributed by atoms with Gasteiger partial charge in [-0.25, -0.2) is 0 Å². The summed E-state index contributed by atoms with van der Waals surface area (Å²) in [4.78, 5) is 11.2. The quantitative estimate of drug-likeness (QED) is 0.797. The maximum atomic E-state index is 13.0. The van der Waals surface area contributed by atoms with Crippen molar-refractivity contribution in [1.82, 2.24) is 0 Å². The molecule has 0 N–H and O–H groups in total. The summed E-state index contributed by atoms with van der Waals surface area (Å²) < 4.78 is 49.3. The fraction of sp³-hybridized carbons (Fsp3) is 0.500. The van der Waals surface area contributed by atoms with Crippen molar-refractivity contribution in [2.24, 2.45) is 5.92 Å². The number of hydrogen-bond donors (Lipinski definition) is 0. The minimum Gasteiger partial charge on any atom is -0.493 e. The maximum Gasteiger partial charge on any atom is 0.419 e. The van der Waals surface area contributed by atoms with Gasteiger partial charge in [0, 0.05) is 18.1 Å². The molecule has 0 radical (unpaired) electrons. The van der Waals surface area contributed by atoms with Crippen LogP contribution in [-0.2, 0) is 10.9 Å². The highest BCUT2D eigenvalue weighted by Crippen LogP contribution is 2.37. The van der Waals surface area contributed by atoms with E-state index >= 15 is 0 Å². The van der Waals surface area contributed by atoms with Gasteiger partial charge in [-0.1, -0.05) is 0 Å². The number of Topliss-reactive ketones (excluding diaryl/α,β-unsaturated/α-hetero) is 1. The van der Waals surface area contributed by atoms with Crippen molar-refractivity contribution in [3.05, 3.63) is 29.3 Å². The first kappa shape index (κ1) is 14.8. The maximum absolute atomic E-state index is 13.0. The van der Waals surface area contributed by atoms with Crippen molar-refractivity contribution in [3.8, 4) is 5.75 Å². The number of alkyl halides is 3. The molecule has 0 aliphatic carbocycles. The molecule has 1 atom stereocenters. The summed E-state index contributed by atoms with van der Waals surface area (Å²) in [6, 6.07) is 3.39. The number of hydrogen-bond acceptors (Lipinski definition) is 3. The molecule has 110 valence electrons. The van der Waals surface area contributed by atoms with E-state index in [9.17, 15) is 18.0 Å².